The fourth-order valence-corrected chi connectivity index (χ4v) is 4.00. The van der Waals surface area contributed by atoms with Gasteiger partial charge in [0.25, 0.3) is 11.5 Å². The average Bonchev–Trinajstić information content (AvgIpc) is 3.32. The first kappa shape index (κ1) is 20.6. The van der Waals surface area contributed by atoms with Crippen molar-refractivity contribution in [1.82, 2.24) is 19.9 Å². The van der Waals surface area contributed by atoms with Crippen molar-refractivity contribution in [2.45, 2.75) is 24.0 Å². The first-order valence-corrected chi connectivity index (χ1v) is 10.6. The normalized spacial score (nSPS) is 10.8. The van der Waals surface area contributed by atoms with Crippen molar-refractivity contribution in [3.63, 3.8) is 0 Å². The summed E-state index contributed by atoms with van der Waals surface area (Å²) in [6.45, 7) is 4.38. The van der Waals surface area contributed by atoms with Crippen LogP contribution in [-0.4, -0.2) is 20.4 Å². The number of nitrogens with zero attached hydrogens (tertiary/aromatic N) is 3. The van der Waals surface area contributed by atoms with E-state index in [1.165, 1.54) is 11.8 Å². The lowest BCUT2D eigenvalue weighted by Crippen LogP contribution is -2.24. The third-order valence-corrected chi connectivity index (χ3v) is 5.64. The van der Waals surface area contributed by atoms with Crippen LogP contribution in [0.1, 0.15) is 21.7 Å². The Morgan fingerprint density at radius 2 is 2.16 bits per heavy atom. The van der Waals surface area contributed by atoms with Crippen LogP contribution in [-0.2, 0) is 18.8 Å². The molecule has 0 bridgehead atoms. The zero-order valence-corrected chi connectivity index (χ0v) is 17.5. The van der Waals surface area contributed by atoms with Gasteiger partial charge >= 0.3 is 0 Å². The molecule has 0 saturated carbocycles. The second kappa shape index (κ2) is 9.44. The summed E-state index contributed by atoms with van der Waals surface area (Å²) in [6.07, 6.45) is 6.72. The van der Waals surface area contributed by atoms with Crippen LogP contribution in [0.25, 0.3) is 10.9 Å². The number of furan rings is 1. The van der Waals surface area contributed by atoms with Gasteiger partial charge in [0, 0.05) is 30.3 Å². The molecule has 8 heteroatoms. The minimum Gasteiger partial charge on any atom is -0.467 e. The van der Waals surface area contributed by atoms with E-state index in [1.54, 1.807) is 59.6 Å². The zero-order valence-electron chi connectivity index (χ0n) is 16.7. The minimum atomic E-state index is -0.264. The highest BCUT2D eigenvalue weighted by Crippen LogP contribution is 2.22. The van der Waals surface area contributed by atoms with E-state index in [2.05, 4.69) is 21.9 Å². The van der Waals surface area contributed by atoms with Crippen LogP contribution >= 0.6 is 11.8 Å². The quantitative estimate of drug-likeness (QED) is 0.259. The molecule has 0 atom stereocenters. The number of benzene rings is 1. The standard InChI is InChI=1S/C23H20N4O3S/c1-2-10-27-22(29)19-8-7-17(21(28)25-14-18-6-4-11-30-18)12-20(19)26-23(27)31-15-16-5-3-9-24-13-16/h2-9,11-13H,1,10,14-15H2,(H,25,28). The maximum atomic E-state index is 13.0. The van der Waals surface area contributed by atoms with Crippen molar-refractivity contribution in [1.29, 1.82) is 0 Å². The van der Waals surface area contributed by atoms with E-state index in [-0.39, 0.29) is 18.0 Å². The molecule has 0 aliphatic heterocycles. The van der Waals surface area contributed by atoms with Gasteiger partial charge in [-0.25, -0.2) is 4.98 Å². The van der Waals surface area contributed by atoms with Gasteiger partial charge in [-0.2, -0.15) is 0 Å². The summed E-state index contributed by atoms with van der Waals surface area (Å²) in [6, 6.07) is 12.3. The lowest BCUT2D eigenvalue weighted by Gasteiger charge is -2.12. The van der Waals surface area contributed by atoms with E-state index in [1.807, 2.05) is 12.1 Å². The second-order valence-electron chi connectivity index (χ2n) is 6.74. The molecular formula is C23H20N4O3S. The lowest BCUT2D eigenvalue weighted by atomic mass is 10.1. The highest BCUT2D eigenvalue weighted by atomic mass is 32.2. The molecule has 3 heterocycles. The number of fused-ring (bicyclic) bond motifs is 1. The molecule has 0 radical (unpaired) electrons. The van der Waals surface area contributed by atoms with Gasteiger partial charge in [0.05, 0.1) is 23.7 Å². The van der Waals surface area contributed by atoms with Crippen LogP contribution in [0.3, 0.4) is 0 Å². The summed E-state index contributed by atoms with van der Waals surface area (Å²) in [5.74, 6) is 1.01. The van der Waals surface area contributed by atoms with Gasteiger partial charge in [0.1, 0.15) is 5.76 Å². The van der Waals surface area contributed by atoms with Gasteiger partial charge in [-0.05, 0) is 42.0 Å². The monoisotopic (exact) mass is 432 g/mol. The number of amides is 1. The third kappa shape index (κ3) is 4.75. The Morgan fingerprint density at radius 1 is 1.26 bits per heavy atom. The SMILES string of the molecule is C=CCn1c(SCc2cccnc2)nc2cc(C(=O)NCc3ccco3)ccc2c1=O. The van der Waals surface area contributed by atoms with Crippen molar-refractivity contribution in [2.24, 2.45) is 0 Å². The molecule has 0 spiro atoms. The van der Waals surface area contributed by atoms with Gasteiger partial charge in [-0.15, -0.1) is 6.58 Å². The molecule has 1 aromatic carbocycles. The number of rotatable bonds is 8. The molecule has 4 aromatic rings. The van der Waals surface area contributed by atoms with Gasteiger partial charge in [0.15, 0.2) is 5.16 Å². The number of thioether (sulfide) groups is 1. The maximum Gasteiger partial charge on any atom is 0.262 e. The maximum absolute atomic E-state index is 13.0. The molecule has 0 unspecified atom stereocenters. The van der Waals surface area contributed by atoms with Gasteiger partial charge in [0.2, 0.25) is 0 Å². The third-order valence-electron chi connectivity index (χ3n) is 4.59. The highest BCUT2D eigenvalue weighted by Gasteiger charge is 2.14. The Balaban J connectivity index is 1.63. The first-order chi connectivity index (χ1) is 15.2. The summed E-state index contributed by atoms with van der Waals surface area (Å²) in [4.78, 5) is 34.4. The van der Waals surface area contributed by atoms with E-state index in [9.17, 15) is 9.59 Å². The predicted octanol–water partition coefficient (Wildman–Crippen LogP) is 3.79. The molecular weight excluding hydrogens is 412 g/mol. The summed E-state index contributed by atoms with van der Waals surface area (Å²) in [7, 11) is 0. The molecule has 7 nitrogen and oxygen atoms in total. The van der Waals surface area contributed by atoms with E-state index in [0.29, 0.717) is 39.7 Å². The smallest absolute Gasteiger partial charge is 0.262 e. The van der Waals surface area contributed by atoms with Crippen LogP contribution in [0.2, 0.25) is 0 Å². The Hall–Kier alpha value is -3.65. The molecule has 1 N–H and O–H groups in total. The van der Waals surface area contributed by atoms with Crippen LogP contribution in [0.4, 0.5) is 0 Å². The van der Waals surface area contributed by atoms with Crippen molar-refractivity contribution < 1.29 is 9.21 Å². The number of hydrogen-bond acceptors (Lipinski definition) is 6. The van der Waals surface area contributed by atoms with Gasteiger partial charge in [-0.1, -0.05) is 23.9 Å². The number of pyridine rings is 1. The number of allylic oxidation sites excluding steroid dienone is 1. The lowest BCUT2D eigenvalue weighted by molar-refractivity contribution is 0.0948. The van der Waals surface area contributed by atoms with Crippen LogP contribution < -0.4 is 10.9 Å². The highest BCUT2D eigenvalue weighted by molar-refractivity contribution is 7.98. The molecule has 3 aromatic heterocycles. The Labute approximate surface area is 182 Å². The Bertz CT molecular complexity index is 1270. The topological polar surface area (TPSA) is 90.0 Å². The first-order valence-electron chi connectivity index (χ1n) is 9.63. The number of carbonyl (C=O) groups excluding carboxylic acids is 1. The second-order valence-corrected chi connectivity index (χ2v) is 7.69. The zero-order chi connectivity index (χ0) is 21.6. The fourth-order valence-electron chi connectivity index (χ4n) is 3.06. The molecule has 31 heavy (non-hydrogen) atoms. The number of hydrogen-bond donors (Lipinski definition) is 1. The van der Waals surface area contributed by atoms with E-state index in [4.69, 9.17) is 4.42 Å². The summed E-state index contributed by atoms with van der Waals surface area (Å²) < 4.78 is 6.82. The van der Waals surface area contributed by atoms with Crippen molar-refractivity contribution >= 4 is 28.6 Å². The Morgan fingerprint density at radius 3 is 2.90 bits per heavy atom. The van der Waals surface area contributed by atoms with Crippen LogP contribution in [0.15, 0.2) is 88.1 Å². The molecule has 0 fully saturated rings. The Kier molecular flexibility index (Phi) is 6.28. The molecule has 156 valence electrons. The number of nitrogens with one attached hydrogen (secondary N) is 1. The number of aromatic nitrogens is 3. The number of carbonyl (C=O) groups is 1. The molecule has 1 amide bonds. The summed E-state index contributed by atoms with van der Waals surface area (Å²) >= 11 is 1.44. The van der Waals surface area contributed by atoms with E-state index < -0.39 is 0 Å². The average molecular weight is 433 g/mol. The molecule has 0 saturated heterocycles. The largest absolute Gasteiger partial charge is 0.467 e. The summed E-state index contributed by atoms with van der Waals surface area (Å²) in [5.41, 5.74) is 1.76. The van der Waals surface area contributed by atoms with Gasteiger partial charge in [-0.3, -0.25) is 19.1 Å². The molecule has 0 aliphatic carbocycles. The van der Waals surface area contributed by atoms with Crippen molar-refractivity contribution in [3.05, 3.63) is 101 Å². The van der Waals surface area contributed by atoms with Crippen molar-refractivity contribution in [2.75, 3.05) is 0 Å². The fraction of sp³-hybridized carbons (Fsp3) is 0.130. The van der Waals surface area contributed by atoms with E-state index >= 15 is 0 Å². The molecule has 0 aliphatic rings. The summed E-state index contributed by atoms with van der Waals surface area (Å²) in [5, 5.41) is 3.82. The predicted molar refractivity (Wildman–Crippen MR) is 120 cm³/mol. The van der Waals surface area contributed by atoms with Crippen molar-refractivity contribution in [3.8, 4) is 0 Å². The minimum absolute atomic E-state index is 0.166. The van der Waals surface area contributed by atoms with E-state index in [0.717, 1.165) is 5.56 Å². The van der Waals surface area contributed by atoms with Gasteiger partial charge < -0.3 is 9.73 Å². The van der Waals surface area contributed by atoms with Crippen LogP contribution in [0, 0.1) is 0 Å². The van der Waals surface area contributed by atoms with Crippen LogP contribution in [0.5, 0.6) is 0 Å². The molecule has 4 rings (SSSR count).